The monoisotopic (exact) mass is 574 g/mol. The van der Waals surface area contributed by atoms with E-state index in [0.29, 0.717) is 22.0 Å². The molecule has 5 rings (SSSR count). The summed E-state index contributed by atoms with van der Waals surface area (Å²) in [6.07, 6.45) is 0. The van der Waals surface area contributed by atoms with E-state index < -0.39 is 45.2 Å². The van der Waals surface area contributed by atoms with Crippen LogP contribution in [0.1, 0.15) is 11.9 Å². The summed E-state index contributed by atoms with van der Waals surface area (Å²) >= 11 is 4.21. The van der Waals surface area contributed by atoms with E-state index in [-0.39, 0.29) is 5.70 Å². The normalized spacial score (nSPS) is 20.8. The highest BCUT2D eigenvalue weighted by molar-refractivity contribution is 8.01. The van der Waals surface area contributed by atoms with Gasteiger partial charge in [0.05, 0.1) is 10.8 Å². The Kier molecular flexibility index (Phi) is 7.39. The summed E-state index contributed by atoms with van der Waals surface area (Å²) in [7, 11) is -1.63. The number of fused-ring (bicyclic) bond motifs is 2. The number of carbonyl (C=O) groups is 3. The molecule has 3 heterocycles. The van der Waals surface area contributed by atoms with Crippen LogP contribution in [0.3, 0.4) is 0 Å². The highest BCUT2D eigenvalue weighted by Gasteiger charge is 2.54. The van der Waals surface area contributed by atoms with Gasteiger partial charge in [-0.2, -0.15) is 0 Å². The summed E-state index contributed by atoms with van der Waals surface area (Å²) in [5.41, 5.74) is 0.580. The van der Waals surface area contributed by atoms with Gasteiger partial charge in [-0.1, -0.05) is 53.4 Å². The number of aliphatic carboxylic acids is 1. The number of nitrogens with one attached hydrogen (secondary N) is 1. The van der Waals surface area contributed by atoms with E-state index >= 15 is 0 Å². The fourth-order valence-electron chi connectivity index (χ4n) is 4.14. The Morgan fingerprint density at radius 1 is 1.24 bits per heavy atom. The highest BCUT2D eigenvalue weighted by Crippen LogP contribution is 2.41. The van der Waals surface area contributed by atoms with Crippen LogP contribution in [0.25, 0.3) is 10.8 Å². The quantitative estimate of drug-likeness (QED) is 0.308. The van der Waals surface area contributed by atoms with Crippen molar-refractivity contribution < 1.29 is 23.7 Å². The van der Waals surface area contributed by atoms with Crippen LogP contribution < -0.4 is 5.32 Å². The number of carboxylic acid groups (broad SMARTS) is 1. The Morgan fingerprint density at radius 2 is 2.00 bits per heavy atom. The predicted molar refractivity (Wildman–Crippen MR) is 145 cm³/mol. The topological polar surface area (TPSA) is 130 Å². The number of amides is 2. The van der Waals surface area contributed by atoms with Gasteiger partial charge < -0.3 is 10.4 Å². The molecule has 3 unspecified atom stereocenters. The van der Waals surface area contributed by atoms with Crippen LogP contribution in [-0.2, 0) is 25.2 Å². The summed E-state index contributed by atoms with van der Waals surface area (Å²) in [6.45, 7) is 3.40. The molecule has 0 radical (unpaired) electrons. The van der Waals surface area contributed by atoms with Gasteiger partial charge in [-0.05, 0) is 42.3 Å². The van der Waals surface area contributed by atoms with Gasteiger partial charge in [0.2, 0.25) is 5.91 Å². The van der Waals surface area contributed by atoms with Gasteiger partial charge in [0.15, 0.2) is 4.34 Å². The number of thioether (sulfide) groups is 2. The zero-order valence-corrected chi connectivity index (χ0v) is 23.0. The van der Waals surface area contributed by atoms with E-state index in [1.807, 2.05) is 37.3 Å². The lowest BCUT2D eigenvalue weighted by Gasteiger charge is -2.49. The van der Waals surface area contributed by atoms with Crippen LogP contribution >= 0.6 is 34.9 Å². The second kappa shape index (κ2) is 10.6. The first kappa shape index (κ1) is 25.9. The van der Waals surface area contributed by atoms with Crippen molar-refractivity contribution in [3.05, 3.63) is 58.7 Å². The van der Waals surface area contributed by atoms with Crippen molar-refractivity contribution in [2.75, 3.05) is 11.5 Å². The molecule has 0 spiro atoms. The molecular formula is C24H22N4O5S4. The standard InChI is InChI=1S/C24H22N4O5S4/c1-12(37(33)17-8-7-14-5-3-4-6-15(14)9-17)20(29)25-18-21(30)28-19(23(31)32)16(10-34-22(18)28)11-35-24-27-26-13(2)36-24/h3-9,12,18,22H,10-11H2,1-2H3,(H,25,29)(H,31,32)/t12?,18?,22-,37?/m0/s1. The molecule has 2 aliphatic heterocycles. The zero-order valence-electron chi connectivity index (χ0n) is 19.7. The van der Waals surface area contributed by atoms with Crippen LogP contribution in [0.5, 0.6) is 0 Å². The Balaban J connectivity index is 1.26. The van der Waals surface area contributed by atoms with E-state index in [2.05, 4.69) is 15.5 Å². The fourth-order valence-corrected chi connectivity index (χ4v) is 8.56. The molecule has 1 saturated heterocycles. The van der Waals surface area contributed by atoms with Crippen molar-refractivity contribution in [2.45, 2.75) is 39.7 Å². The number of benzene rings is 2. The second-order valence-electron chi connectivity index (χ2n) is 8.48. The van der Waals surface area contributed by atoms with Crippen molar-refractivity contribution in [3.63, 3.8) is 0 Å². The minimum absolute atomic E-state index is 0.0409. The zero-order chi connectivity index (χ0) is 26.3. The first-order valence-corrected chi connectivity index (χ1v) is 15.3. The first-order valence-electron chi connectivity index (χ1n) is 11.3. The molecule has 9 nitrogen and oxygen atoms in total. The summed E-state index contributed by atoms with van der Waals surface area (Å²) in [4.78, 5) is 39.8. The van der Waals surface area contributed by atoms with Crippen LogP contribution in [0.4, 0.5) is 0 Å². The van der Waals surface area contributed by atoms with Crippen molar-refractivity contribution >= 4 is 74.2 Å². The van der Waals surface area contributed by atoms with E-state index in [9.17, 15) is 23.7 Å². The molecule has 37 heavy (non-hydrogen) atoms. The van der Waals surface area contributed by atoms with Crippen LogP contribution in [0.15, 0.2) is 63.0 Å². The minimum Gasteiger partial charge on any atom is -0.477 e. The van der Waals surface area contributed by atoms with E-state index in [0.717, 1.165) is 20.1 Å². The van der Waals surface area contributed by atoms with Gasteiger partial charge in [0.25, 0.3) is 5.91 Å². The lowest BCUT2D eigenvalue weighted by Crippen LogP contribution is -2.71. The maximum atomic E-state index is 13.1. The maximum absolute atomic E-state index is 13.1. The Labute approximate surface area is 227 Å². The molecule has 13 heteroatoms. The molecule has 2 aromatic carbocycles. The summed E-state index contributed by atoms with van der Waals surface area (Å²) in [6, 6.07) is 12.2. The molecule has 1 fully saturated rings. The average Bonchev–Trinajstić information content (AvgIpc) is 3.33. The lowest BCUT2D eigenvalue weighted by atomic mass is 10.0. The Hall–Kier alpha value is -2.74. The SMILES string of the molecule is Cc1nnc(SCC2=C(C(=O)O)N3C(=O)C(NC(=O)C(C)S(=O)c4ccc5ccccc5c4)[C@@H]3SC2)s1. The number of β-lactam (4-membered cyclic amide) rings is 1. The number of rotatable bonds is 8. The largest absolute Gasteiger partial charge is 0.477 e. The predicted octanol–water partition coefficient (Wildman–Crippen LogP) is 3.03. The molecule has 0 aliphatic carbocycles. The number of aromatic nitrogens is 2. The number of carboxylic acids is 1. The molecule has 192 valence electrons. The second-order valence-corrected chi connectivity index (χ2v) is 13.8. The van der Waals surface area contributed by atoms with Crippen molar-refractivity contribution in [3.8, 4) is 0 Å². The third-order valence-corrected chi connectivity index (χ3v) is 11.0. The van der Waals surface area contributed by atoms with Gasteiger partial charge in [-0.25, -0.2) is 4.79 Å². The molecular weight excluding hydrogens is 553 g/mol. The van der Waals surface area contributed by atoms with E-state index in [1.165, 1.54) is 39.8 Å². The number of hydrogen-bond donors (Lipinski definition) is 2. The number of aryl methyl sites for hydroxylation is 1. The van der Waals surface area contributed by atoms with E-state index in [4.69, 9.17) is 0 Å². The van der Waals surface area contributed by atoms with Crippen molar-refractivity contribution in [2.24, 2.45) is 0 Å². The maximum Gasteiger partial charge on any atom is 0.352 e. The lowest BCUT2D eigenvalue weighted by molar-refractivity contribution is -0.150. The van der Waals surface area contributed by atoms with Crippen molar-refractivity contribution in [1.29, 1.82) is 0 Å². The highest BCUT2D eigenvalue weighted by atomic mass is 32.2. The van der Waals surface area contributed by atoms with Gasteiger partial charge in [0, 0.05) is 16.4 Å². The van der Waals surface area contributed by atoms with Gasteiger partial charge >= 0.3 is 5.97 Å². The fraction of sp³-hybridized carbons (Fsp3) is 0.292. The van der Waals surface area contributed by atoms with Crippen LogP contribution in [0, 0.1) is 6.92 Å². The minimum atomic E-state index is -1.63. The number of carbonyl (C=O) groups excluding carboxylic acids is 2. The van der Waals surface area contributed by atoms with Crippen molar-refractivity contribution in [1.82, 2.24) is 20.4 Å². The van der Waals surface area contributed by atoms with Crippen LogP contribution in [-0.4, -0.2) is 70.4 Å². The Bertz CT molecular complexity index is 1470. The number of hydrogen-bond acceptors (Lipinski definition) is 9. The average molecular weight is 575 g/mol. The smallest absolute Gasteiger partial charge is 0.352 e. The van der Waals surface area contributed by atoms with Gasteiger partial charge in [-0.15, -0.1) is 22.0 Å². The first-order chi connectivity index (χ1) is 17.7. The molecule has 0 saturated carbocycles. The third kappa shape index (κ3) is 5.05. The summed E-state index contributed by atoms with van der Waals surface area (Å²) in [5.74, 6) is -1.40. The number of nitrogens with zero attached hydrogens (tertiary/aromatic N) is 3. The van der Waals surface area contributed by atoms with Gasteiger partial charge in [-0.3, -0.25) is 18.7 Å². The van der Waals surface area contributed by atoms with E-state index in [1.54, 1.807) is 19.1 Å². The van der Waals surface area contributed by atoms with Gasteiger partial charge in [0.1, 0.15) is 27.4 Å². The Morgan fingerprint density at radius 3 is 2.70 bits per heavy atom. The summed E-state index contributed by atoms with van der Waals surface area (Å²) in [5, 5.41) is 21.9. The molecule has 2 N–H and O–H groups in total. The summed E-state index contributed by atoms with van der Waals surface area (Å²) < 4.78 is 13.8. The molecule has 1 aromatic heterocycles. The molecule has 3 aromatic rings. The molecule has 2 aliphatic rings. The molecule has 2 amide bonds. The third-order valence-electron chi connectivity index (χ3n) is 6.07. The molecule has 4 atom stereocenters. The molecule has 0 bridgehead atoms. The van der Waals surface area contributed by atoms with Crippen LogP contribution in [0.2, 0.25) is 0 Å².